The highest BCUT2D eigenvalue weighted by Gasteiger charge is 2.46. The van der Waals surface area contributed by atoms with Gasteiger partial charge in [0.2, 0.25) is 0 Å². The van der Waals surface area contributed by atoms with Gasteiger partial charge in [-0.2, -0.15) is 0 Å². The van der Waals surface area contributed by atoms with Crippen LogP contribution in [0, 0.1) is 5.41 Å². The van der Waals surface area contributed by atoms with Crippen LogP contribution in [0.15, 0.2) is 12.8 Å². The van der Waals surface area contributed by atoms with Crippen molar-refractivity contribution in [3.8, 4) is 0 Å². The Morgan fingerprint density at radius 3 is 2.50 bits per heavy atom. The summed E-state index contributed by atoms with van der Waals surface area (Å²) in [6.07, 6.45) is 3.66. The Hall–Kier alpha value is -0.540. The number of hydrogen-bond acceptors (Lipinski definition) is 3. The summed E-state index contributed by atoms with van der Waals surface area (Å²) in [6, 6.07) is 0. The smallest absolute Gasteiger partial charge is 0.124 e. The van der Waals surface area contributed by atoms with Gasteiger partial charge in [-0.15, -0.1) is 5.06 Å². The Bertz CT molecular complexity index is 211. The molecule has 0 radical (unpaired) electrons. The molecule has 1 heterocycles. The fourth-order valence-corrected chi connectivity index (χ4v) is 1.80. The van der Waals surface area contributed by atoms with Gasteiger partial charge in [0.25, 0.3) is 0 Å². The quantitative estimate of drug-likeness (QED) is 0.396. The van der Waals surface area contributed by atoms with E-state index in [-0.39, 0.29) is 11.0 Å². The molecule has 0 N–H and O–H groups in total. The van der Waals surface area contributed by atoms with Gasteiger partial charge in [-0.3, -0.25) is 0 Å². The zero-order valence-corrected chi connectivity index (χ0v) is 9.67. The molecule has 1 aliphatic rings. The van der Waals surface area contributed by atoms with Crippen LogP contribution >= 0.6 is 0 Å². The Labute approximate surface area is 86.6 Å². The average molecular weight is 199 g/mol. The van der Waals surface area contributed by atoms with Crippen molar-refractivity contribution in [2.75, 3.05) is 6.54 Å². The van der Waals surface area contributed by atoms with E-state index >= 15 is 0 Å². The third kappa shape index (κ3) is 1.93. The van der Waals surface area contributed by atoms with Crippen molar-refractivity contribution < 1.29 is 9.88 Å². The van der Waals surface area contributed by atoms with E-state index in [9.17, 15) is 0 Å². The van der Waals surface area contributed by atoms with Crippen LogP contribution in [0.1, 0.15) is 40.5 Å². The van der Waals surface area contributed by atoms with Gasteiger partial charge in [0.15, 0.2) is 0 Å². The summed E-state index contributed by atoms with van der Waals surface area (Å²) in [4.78, 5) is 9.99. The molecule has 0 amide bonds. The first-order valence-electron chi connectivity index (χ1n) is 5.14. The molecule has 0 saturated carbocycles. The molecule has 14 heavy (non-hydrogen) atoms. The van der Waals surface area contributed by atoms with E-state index in [2.05, 4.69) is 34.3 Å². The Morgan fingerprint density at radius 2 is 1.93 bits per heavy atom. The molecule has 0 atom stereocenters. The molecule has 0 aliphatic carbocycles. The molecule has 0 unspecified atom stereocenters. The maximum absolute atomic E-state index is 5.20. The molecule has 0 aromatic carbocycles. The molecule has 0 bridgehead atoms. The summed E-state index contributed by atoms with van der Waals surface area (Å²) in [5.74, 6) is 0. The molecular weight excluding hydrogens is 178 g/mol. The first-order chi connectivity index (χ1) is 6.42. The summed E-state index contributed by atoms with van der Waals surface area (Å²) in [5, 5.41) is 1.90. The lowest BCUT2D eigenvalue weighted by molar-refractivity contribution is -0.436. The van der Waals surface area contributed by atoms with Crippen LogP contribution in [0.25, 0.3) is 0 Å². The second kappa shape index (κ2) is 3.91. The second-order valence-corrected chi connectivity index (χ2v) is 4.99. The lowest BCUT2D eigenvalue weighted by atomic mass is 9.69. The molecule has 1 fully saturated rings. The highest BCUT2D eigenvalue weighted by Crippen LogP contribution is 2.43. The van der Waals surface area contributed by atoms with E-state index in [1.54, 1.807) is 0 Å². The summed E-state index contributed by atoms with van der Waals surface area (Å²) in [6.45, 7) is 13.2. The molecule has 0 aromatic heterocycles. The summed E-state index contributed by atoms with van der Waals surface area (Å²) < 4.78 is 0. The molecule has 0 aromatic rings. The van der Waals surface area contributed by atoms with Crippen molar-refractivity contribution >= 4 is 0 Å². The van der Waals surface area contributed by atoms with Crippen molar-refractivity contribution in [2.45, 2.75) is 46.1 Å². The Balaban J connectivity index is 2.70. The molecule has 1 saturated heterocycles. The fraction of sp³-hybridized carbons (Fsp3) is 0.818. The van der Waals surface area contributed by atoms with Crippen molar-refractivity contribution in [3.63, 3.8) is 0 Å². The topological polar surface area (TPSA) is 21.7 Å². The molecule has 1 aliphatic heterocycles. The van der Waals surface area contributed by atoms with E-state index in [1.165, 1.54) is 12.7 Å². The van der Waals surface area contributed by atoms with Crippen molar-refractivity contribution in [1.29, 1.82) is 0 Å². The van der Waals surface area contributed by atoms with Crippen molar-refractivity contribution in [3.05, 3.63) is 12.8 Å². The number of piperidine rings is 1. The van der Waals surface area contributed by atoms with E-state index in [4.69, 9.17) is 9.88 Å². The maximum atomic E-state index is 5.20. The maximum Gasteiger partial charge on any atom is 0.124 e. The largest absolute Gasteiger partial charge is 0.328 e. The minimum Gasteiger partial charge on any atom is -0.328 e. The summed E-state index contributed by atoms with van der Waals surface area (Å²) in [7, 11) is 0. The van der Waals surface area contributed by atoms with Crippen LogP contribution in [0.2, 0.25) is 0 Å². The second-order valence-electron chi connectivity index (χ2n) is 4.99. The van der Waals surface area contributed by atoms with Gasteiger partial charge >= 0.3 is 0 Å². The monoisotopic (exact) mass is 199 g/mol. The van der Waals surface area contributed by atoms with Crippen LogP contribution in [-0.2, 0) is 9.88 Å². The standard InChI is InChI=1S/C11H21NO2/c1-6-13-14-12-9-7-8-10(2,3)11(12,4)5/h6H,1,7-9H2,2-5H3. The highest BCUT2D eigenvalue weighted by atomic mass is 17.3. The molecule has 1 rings (SSSR count). The predicted octanol–water partition coefficient (Wildman–Crippen LogP) is 2.89. The van der Waals surface area contributed by atoms with Crippen LogP contribution in [0.3, 0.4) is 0 Å². The number of hydrogen-bond donors (Lipinski definition) is 0. The summed E-state index contributed by atoms with van der Waals surface area (Å²) in [5.41, 5.74) is 0.212. The lowest BCUT2D eigenvalue weighted by Crippen LogP contribution is -2.57. The number of nitrogens with zero attached hydrogens (tertiary/aromatic N) is 1. The highest BCUT2D eigenvalue weighted by molar-refractivity contribution is 4.95. The van der Waals surface area contributed by atoms with Crippen molar-refractivity contribution in [2.24, 2.45) is 5.41 Å². The van der Waals surface area contributed by atoms with Crippen LogP contribution in [0.4, 0.5) is 0 Å². The first kappa shape index (κ1) is 11.5. The van der Waals surface area contributed by atoms with Gasteiger partial charge in [-0.25, -0.2) is 0 Å². The van der Waals surface area contributed by atoms with E-state index in [0.29, 0.717) is 0 Å². The SMILES string of the molecule is C=COON1CCCC(C)(C)C1(C)C. The first-order valence-corrected chi connectivity index (χ1v) is 5.14. The minimum atomic E-state index is -0.0196. The molecule has 0 spiro atoms. The fourth-order valence-electron chi connectivity index (χ4n) is 1.80. The van der Waals surface area contributed by atoms with Gasteiger partial charge in [-0.05, 0) is 32.1 Å². The number of rotatable bonds is 3. The third-order valence-corrected chi connectivity index (χ3v) is 3.64. The van der Waals surface area contributed by atoms with Crippen LogP contribution in [-0.4, -0.2) is 17.1 Å². The number of hydroxylamine groups is 2. The van der Waals surface area contributed by atoms with E-state index in [1.807, 2.05) is 5.06 Å². The molecule has 3 nitrogen and oxygen atoms in total. The molecule has 3 heteroatoms. The van der Waals surface area contributed by atoms with E-state index < -0.39 is 0 Å². The van der Waals surface area contributed by atoms with Crippen molar-refractivity contribution in [1.82, 2.24) is 5.06 Å². The predicted molar refractivity (Wildman–Crippen MR) is 56.2 cm³/mol. The zero-order chi connectivity index (χ0) is 10.8. The Morgan fingerprint density at radius 1 is 1.29 bits per heavy atom. The van der Waals surface area contributed by atoms with Gasteiger partial charge in [0.05, 0.1) is 0 Å². The van der Waals surface area contributed by atoms with Gasteiger partial charge in [0.1, 0.15) is 6.26 Å². The summed E-state index contributed by atoms with van der Waals surface area (Å²) >= 11 is 0. The minimum absolute atomic E-state index is 0.0196. The normalized spacial score (nSPS) is 25.7. The van der Waals surface area contributed by atoms with Gasteiger partial charge < -0.3 is 4.89 Å². The van der Waals surface area contributed by atoms with Crippen LogP contribution in [0.5, 0.6) is 0 Å². The lowest BCUT2D eigenvalue weighted by Gasteiger charge is -2.50. The van der Waals surface area contributed by atoms with Crippen LogP contribution < -0.4 is 0 Å². The van der Waals surface area contributed by atoms with Gasteiger partial charge in [0, 0.05) is 12.1 Å². The third-order valence-electron chi connectivity index (χ3n) is 3.64. The average Bonchev–Trinajstić information content (AvgIpc) is 2.08. The zero-order valence-electron chi connectivity index (χ0n) is 9.67. The van der Waals surface area contributed by atoms with E-state index in [0.717, 1.165) is 13.0 Å². The Kier molecular flexibility index (Phi) is 3.22. The molecular formula is C11H21NO2. The van der Waals surface area contributed by atoms with Gasteiger partial charge in [-0.1, -0.05) is 25.4 Å². The molecule has 82 valence electrons.